The summed E-state index contributed by atoms with van der Waals surface area (Å²) in [5, 5.41) is 4.93. The van der Waals surface area contributed by atoms with Crippen LogP contribution in [0.2, 0.25) is 0 Å². The summed E-state index contributed by atoms with van der Waals surface area (Å²) in [4.78, 5) is 64.4. The molecule has 3 N–H and O–H groups in total. The normalized spacial score (nSPS) is 20.7. The van der Waals surface area contributed by atoms with Crippen molar-refractivity contribution in [2.45, 2.75) is 103 Å². The molecular formula is C52H62N8O5. The number of benzene rings is 4. The molecule has 1 aliphatic carbocycles. The molecule has 2 aromatic heterocycles. The summed E-state index contributed by atoms with van der Waals surface area (Å²) in [7, 11) is 2.98. The van der Waals surface area contributed by atoms with Crippen LogP contribution in [0.5, 0.6) is 5.75 Å². The van der Waals surface area contributed by atoms with E-state index in [9.17, 15) is 9.59 Å². The Morgan fingerprint density at radius 1 is 0.815 bits per heavy atom. The van der Waals surface area contributed by atoms with E-state index in [1.54, 1.807) is 7.11 Å². The highest BCUT2D eigenvalue weighted by Crippen LogP contribution is 2.48. The average molecular weight is 879 g/mol. The Kier molecular flexibility index (Phi) is 12.7. The van der Waals surface area contributed by atoms with Gasteiger partial charge in [0.05, 0.1) is 49.2 Å². The van der Waals surface area contributed by atoms with Crippen LogP contribution in [-0.4, -0.2) is 98.5 Å². The number of ether oxygens (including phenoxy) is 2. The van der Waals surface area contributed by atoms with Crippen molar-refractivity contribution in [3.63, 3.8) is 0 Å². The third kappa shape index (κ3) is 8.46. The molecule has 9 rings (SSSR count). The lowest BCUT2D eigenvalue weighted by Gasteiger charge is -2.39. The van der Waals surface area contributed by atoms with Crippen LogP contribution in [0.25, 0.3) is 44.2 Å². The van der Waals surface area contributed by atoms with Gasteiger partial charge in [-0.1, -0.05) is 89.1 Å². The zero-order valence-corrected chi connectivity index (χ0v) is 38.5. The van der Waals surface area contributed by atoms with Crippen molar-refractivity contribution in [1.82, 2.24) is 40.0 Å². The predicted octanol–water partition coefficient (Wildman–Crippen LogP) is 9.74. The first-order valence-corrected chi connectivity index (χ1v) is 23.5. The number of likely N-dealkylation sites (N-methyl/N-ethyl adjacent to an activating group) is 1. The molecule has 3 fully saturated rings. The number of carbonyl (C=O) groups is 3. The minimum Gasteiger partial charge on any atom is -0.496 e. The van der Waals surface area contributed by atoms with E-state index >= 15 is 4.79 Å². The van der Waals surface area contributed by atoms with Crippen molar-refractivity contribution in [2.75, 3.05) is 33.9 Å². The molecule has 2 aliphatic heterocycles. The quantitative estimate of drug-likeness (QED) is 0.104. The number of hydrogen-bond donors (Lipinski definition) is 3. The van der Waals surface area contributed by atoms with E-state index in [-0.39, 0.29) is 35.9 Å². The Bertz CT molecular complexity index is 2690. The third-order valence-corrected chi connectivity index (χ3v) is 14.3. The number of fused-ring (bicyclic) bond motifs is 3. The van der Waals surface area contributed by atoms with Gasteiger partial charge in [0, 0.05) is 23.7 Å². The Morgan fingerprint density at radius 2 is 1.54 bits per heavy atom. The van der Waals surface area contributed by atoms with Gasteiger partial charge in [0.1, 0.15) is 29.5 Å². The second-order valence-corrected chi connectivity index (χ2v) is 18.3. The van der Waals surface area contributed by atoms with Crippen molar-refractivity contribution >= 4 is 39.7 Å². The highest BCUT2D eigenvalue weighted by atomic mass is 16.5. The molecule has 65 heavy (non-hydrogen) atoms. The van der Waals surface area contributed by atoms with E-state index in [4.69, 9.17) is 19.4 Å². The van der Waals surface area contributed by atoms with Crippen LogP contribution in [0.15, 0.2) is 85.1 Å². The summed E-state index contributed by atoms with van der Waals surface area (Å²) >= 11 is 0. The molecule has 13 heteroatoms. The summed E-state index contributed by atoms with van der Waals surface area (Å²) in [6.45, 7) is 10.2. The van der Waals surface area contributed by atoms with Crippen LogP contribution in [0.1, 0.15) is 108 Å². The fraction of sp³-hybridized carbons (Fsp3) is 0.442. The number of imidazole rings is 2. The first-order valence-electron chi connectivity index (χ1n) is 23.5. The van der Waals surface area contributed by atoms with Gasteiger partial charge >= 0.3 is 6.09 Å². The second-order valence-electron chi connectivity index (χ2n) is 18.3. The SMILES string of the molecule is CCN(CC)[C@@H](C(=O)N1[C@H](c2nc3ccc(-c4ccc5cc(-c6cnc([C@@H]7CCCN7C(=O)[C@@H](NC(=O)OC)C(C)C)[nH]6)ccc5c4)cc3[nH]2)C[C@@H]2CCCC[C@@H]21)c1ccccc1OC. The van der Waals surface area contributed by atoms with Crippen molar-refractivity contribution in [2.24, 2.45) is 11.8 Å². The van der Waals surface area contributed by atoms with Gasteiger partial charge in [-0.05, 0) is 109 Å². The Morgan fingerprint density at radius 3 is 2.29 bits per heavy atom. The molecule has 4 aromatic carbocycles. The van der Waals surface area contributed by atoms with E-state index < -0.39 is 18.2 Å². The predicted molar refractivity (Wildman–Crippen MR) is 253 cm³/mol. The van der Waals surface area contributed by atoms with Crippen LogP contribution in [-0.2, 0) is 14.3 Å². The molecule has 2 saturated heterocycles. The minimum atomic E-state index is -0.687. The molecular weight excluding hydrogens is 817 g/mol. The third-order valence-electron chi connectivity index (χ3n) is 14.3. The smallest absolute Gasteiger partial charge is 0.407 e. The summed E-state index contributed by atoms with van der Waals surface area (Å²) in [6, 6.07) is 26.0. The molecule has 0 bridgehead atoms. The van der Waals surface area contributed by atoms with E-state index in [2.05, 4.69) is 93.5 Å². The molecule has 1 saturated carbocycles. The van der Waals surface area contributed by atoms with Crippen molar-refractivity contribution < 1.29 is 23.9 Å². The van der Waals surface area contributed by atoms with Gasteiger partial charge in [0.2, 0.25) is 11.8 Å². The number of para-hydroxylation sites is 1. The number of carbonyl (C=O) groups excluding carboxylic acids is 3. The number of amides is 3. The lowest BCUT2D eigenvalue weighted by molar-refractivity contribution is -0.141. The van der Waals surface area contributed by atoms with Gasteiger partial charge in [-0.2, -0.15) is 0 Å². The molecule has 3 aliphatic rings. The Balaban J connectivity index is 0.957. The van der Waals surface area contributed by atoms with Gasteiger partial charge in [0.15, 0.2) is 0 Å². The van der Waals surface area contributed by atoms with Crippen LogP contribution < -0.4 is 10.1 Å². The van der Waals surface area contributed by atoms with Gasteiger partial charge in [-0.15, -0.1) is 0 Å². The Hall–Kier alpha value is -6.21. The van der Waals surface area contributed by atoms with Crippen molar-refractivity contribution in [1.29, 1.82) is 0 Å². The van der Waals surface area contributed by atoms with Crippen molar-refractivity contribution in [3.05, 3.63) is 102 Å². The average Bonchev–Trinajstić information content (AvgIpc) is 4.17. The zero-order valence-electron chi connectivity index (χ0n) is 38.5. The molecule has 13 nitrogen and oxygen atoms in total. The monoisotopic (exact) mass is 878 g/mol. The molecule has 0 spiro atoms. The first kappa shape index (κ1) is 44.0. The van der Waals surface area contributed by atoms with Gasteiger partial charge in [-0.3, -0.25) is 14.5 Å². The lowest BCUT2D eigenvalue weighted by Crippen LogP contribution is -2.51. The number of hydrogen-bond acceptors (Lipinski definition) is 8. The van der Waals surface area contributed by atoms with E-state index in [0.717, 1.165) is 119 Å². The number of methoxy groups -OCH3 is 2. The topological polar surface area (TPSA) is 149 Å². The van der Waals surface area contributed by atoms with E-state index in [1.807, 2.05) is 49.2 Å². The molecule has 0 radical (unpaired) electrons. The lowest BCUT2D eigenvalue weighted by atomic mass is 9.84. The fourth-order valence-electron chi connectivity index (χ4n) is 10.9. The molecule has 4 heterocycles. The molecule has 340 valence electrons. The minimum absolute atomic E-state index is 0.104. The van der Waals surface area contributed by atoms with Crippen molar-refractivity contribution in [3.8, 4) is 28.1 Å². The number of aromatic nitrogens is 4. The number of H-pyrrole nitrogens is 2. The van der Waals surface area contributed by atoms with Crippen LogP contribution in [0, 0.1) is 11.8 Å². The number of alkyl carbamates (subject to hydrolysis) is 1. The van der Waals surface area contributed by atoms with Gasteiger partial charge in [-0.25, -0.2) is 14.8 Å². The standard InChI is InChI=1S/C52H62N8O5/c1-7-58(8-2)47(38-15-10-12-18-45(38)64-5)51(62)60-42-16-11-9-14-37(42)29-44(60)49-54-39-24-23-35(28-40(39)55-49)33-19-20-34-27-36(22-21-32(34)26-33)41-30-53-48(56-41)43-17-13-25-59(43)50(61)46(31(3)4)57-52(63)65-6/h10,12,15,18-24,26-28,30-31,37,42-44,46-47H,7-9,11,13-14,16-17,25,29H2,1-6H3,(H,53,56)(H,54,55)(H,57,63)/t37-,42-,43-,44-,46-,47+/m0/s1. The molecule has 0 unspecified atom stereocenters. The molecule has 6 atom stereocenters. The number of likely N-dealkylation sites (tertiary alicyclic amines) is 2. The number of nitrogens with one attached hydrogen (secondary N) is 3. The molecule has 3 amide bonds. The summed E-state index contributed by atoms with van der Waals surface area (Å²) in [5.41, 5.74) is 6.82. The number of aromatic amines is 2. The van der Waals surface area contributed by atoms with Crippen LogP contribution in [0.3, 0.4) is 0 Å². The van der Waals surface area contributed by atoms with Crippen LogP contribution in [0.4, 0.5) is 4.79 Å². The number of nitrogens with zero attached hydrogens (tertiary/aromatic N) is 5. The number of rotatable bonds is 13. The van der Waals surface area contributed by atoms with E-state index in [0.29, 0.717) is 12.5 Å². The maximum absolute atomic E-state index is 15.2. The second kappa shape index (κ2) is 18.7. The summed E-state index contributed by atoms with van der Waals surface area (Å²) in [6.07, 6.45) is 8.24. The maximum Gasteiger partial charge on any atom is 0.407 e. The highest BCUT2D eigenvalue weighted by molar-refractivity contribution is 5.92. The fourth-order valence-corrected chi connectivity index (χ4v) is 10.9. The maximum atomic E-state index is 15.2. The summed E-state index contributed by atoms with van der Waals surface area (Å²) < 4.78 is 10.6. The van der Waals surface area contributed by atoms with Crippen LogP contribution >= 0.6 is 0 Å². The van der Waals surface area contributed by atoms with E-state index in [1.165, 1.54) is 13.5 Å². The zero-order chi connectivity index (χ0) is 45.4. The first-order chi connectivity index (χ1) is 31.6. The Labute approximate surface area is 381 Å². The van der Waals surface area contributed by atoms with Gasteiger partial charge < -0.3 is 34.6 Å². The summed E-state index contributed by atoms with van der Waals surface area (Å²) in [5.74, 6) is 2.67. The highest BCUT2D eigenvalue weighted by Gasteiger charge is 2.49. The molecule has 6 aromatic rings. The largest absolute Gasteiger partial charge is 0.496 e. The van der Waals surface area contributed by atoms with Gasteiger partial charge in [0.25, 0.3) is 0 Å².